The standard InChI is InChI=1S/C18H19N3O3S2/c1-9(2)24-15-6-5-12(17(22)23)7-13(15)20-18-21-14(8-25-18)16-10(3)19-11(4)26-16/h5-9H,1-4H3,(H,20,21)(H,22,23). The van der Waals surface area contributed by atoms with Gasteiger partial charge in [0.1, 0.15) is 5.75 Å². The first kappa shape index (κ1) is 18.3. The fourth-order valence-corrected chi connectivity index (χ4v) is 4.11. The average Bonchev–Trinajstić information content (AvgIpc) is 3.14. The van der Waals surface area contributed by atoms with Crippen LogP contribution in [0.1, 0.15) is 34.9 Å². The number of carboxylic acid groups (broad SMARTS) is 1. The summed E-state index contributed by atoms with van der Waals surface area (Å²) in [7, 11) is 0. The molecule has 0 saturated heterocycles. The maximum atomic E-state index is 11.3. The van der Waals surface area contributed by atoms with Gasteiger partial charge in [-0.15, -0.1) is 22.7 Å². The third kappa shape index (κ3) is 4.03. The summed E-state index contributed by atoms with van der Waals surface area (Å²) in [5.74, 6) is -0.397. The summed E-state index contributed by atoms with van der Waals surface area (Å²) in [4.78, 5) is 21.4. The molecule has 0 atom stereocenters. The van der Waals surface area contributed by atoms with Crippen LogP contribution in [-0.2, 0) is 0 Å². The number of rotatable bonds is 6. The fourth-order valence-electron chi connectivity index (χ4n) is 2.44. The number of nitrogens with zero attached hydrogens (tertiary/aromatic N) is 2. The van der Waals surface area contributed by atoms with E-state index in [1.54, 1.807) is 23.5 Å². The van der Waals surface area contributed by atoms with Crippen molar-refractivity contribution in [2.75, 3.05) is 5.32 Å². The number of aromatic carboxylic acids is 1. The number of carbonyl (C=O) groups is 1. The van der Waals surface area contributed by atoms with Crippen molar-refractivity contribution >= 4 is 39.5 Å². The van der Waals surface area contributed by atoms with E-state index in [0.717, 1.165) is 21.3 Å². The highest BCUT2D eigenvalue weighted by Crippen LogP contribution is 2.35. The van der Waals surface area contributed by atoms with Gasteiger partial charge in [0.15, 0.2) is 5.13 Å². The van der Waals surface area contributed by atoms with Crippen LogP contribution in [-0.4, -0.2) is 27.1 Å². The molecule has 0 spiro atoms. The summed E-state index contributed by atoms with van der Waals surface area (Å²) in [6.07, 6.45) is -0.0269. The number of thiazole rings is 2. The van der Waals surface area contributed by atoms with Crippen molar-refractivity contribution in [3.63, 3.8) is 0 Å². The highest BCUT2D eigenvalue weighted by Gasteiger charge is 2.15. The normalized spacial score (nSPS) is 11.0. The van der Waals surface area contributed by atoms with Gasteiger partial charge in [0.25, 0.3) is 0 Å². The molecule has 3 rings (SSSR count). The van der Waals surface area contributed by atoms with Crippen LogP contribution < -0.4 is 10.1 Å². The molecule has 26 heavy (non-hydrogen) atoms. The zero-order valence-corrected chi connectivity index (χ0v) is 16.5. The monoisotopic (exact) mass is 389 g/mol. The molecule has 0 aliphatic rings. The van der Waals surface area contributed by atoms with E-state index in [-0.39, 0.29) is 11.7 Å². The number of aromatic nitrogens is 2. The number of benzene rings is 1. The van der Waals surface area contributed by atoms with Crippen LogP contribution in [0.4, 0.5) is 10.8 Å². The molecule has 0 bridgehead atoms. The Bertz CT molecular complexity index is 947. The molecule has 8 heteroatoms. The molecule has 1 aromatic carbocycles. The molecule has 0 amide bonds. The van der Waals surface area contributed by atoms with Crippen molar-refractivity contribution in [2.45, 2.75) is 33.8 Å². The van der Waals surface area contributed by atoms with Gasteiger partial charge in [-0.3, -0.25) is 0 Å². The van der Waals surface area contributed by atoms with Gasteiger partial charge in [-0.2, -0.15) is 0 Å². The zero-order valence-electron chi connectivity index (χ0n) is 14.9. The number of nitrogens with one attached hydrogen (secondary N) is 1. The molecule has 0 aliphatic carbocycles. The molecule has 0 aliphatic heterocycles. The van der Waals surface area contributed by atoms with Crippen molar-refractivity contribution in [3.8, 4) is 16.3 Å². The summed E-state index contributed by atoms with van der Waals surface area (Å²) in [6.45, 7) is 7.78. The third-order valence-electron chi connectivity index (χ3n) is 3.47. The second kappa shape index (κ2) is 7.43. The topological polar surface area (TPSA) is 84.3 Å². The maximum Gasteiger partial charge on any atom is 0.335 e. The van der Waals surface area contributed by atoms with E-state index in [1.165, 1.54) is 17.4 Å². The van der Waals surface area contributed by atoms with Gasteiger partial charge >= 0.3 is 5.97 Å². The Labute approximate surface area is 159 Å². The van der Waals surface area contributed by atoms with Crippen molar-refractivity contribution < 1.29 is 14.6 Å². The highest BCUT2D eigenvalue weighted by atomic mass is 32.1. The SMILES string of the molecule is Cc1nc(C)c(-c2csc(Nc3cc(C(=O)O)ccc3OC(C)C)n2)s1. The lowest BCUT2D eigenvalue weighted by atomic mass is 10.2. The van der Waals surface area contributed by atoms with E-state index in [0.29, 0.717) is 16.6 Å². The molecular weight excluding hydrogens is 370 g/mol. The Morgan fingerprint density at radius 3 is 2.65 bits per heavy atom. The summed E-state index contributed by atoms with van der Waals surface area (Å²) >= 11 is 3.06. The van der Waals surface area contributed by atoms with Gasteiger partial charge in [-0.05, 0) is 45.9 Å². The largest absolute Gasteiger partial charge is 0.489 e. The molecule has 2 N–H and O–H groups in total. The number of hydrogen-bond acceptors (Lipinski definition) is 7. The van der Waals surface area contributed by atoms with Gasteiger partial charge in [-0.1, -0.05) is 0 Å². The van der Waals surface area contributed by atoms with E-state index < -0.39 is 5.97 Å². The van der Waals surface area contributed by atoms with E-state index in [9.17, 15) is 9.90 Å². The molecule has 0 radical (unpaired) electrons. The summed E-state index contributed by atoms with van der Waals surface area (Å²) in [5, 5.41) is 16.1. The first-order valence-electron chi connectivity index (χ1n) is 8.04. The van der Waals surface area contributed by atoms with Crippen LogP contribution in [0.25, 0.3) is 10.6 Å². The van der Waals surface area contributed by atoms with Gasteiger partial charge in [0, 0.05) is 5.38 Å². The van der Waals surface area contributed by atoms with Gasteiger partial charge in [0.2, 0.25) is 0 Å². The minimum atomic E-state index is -0.986. The number of anilines is 2. The van der Waals surface area contributed by atoms with Crippen molar-refractivity contribution in [3.05, 3.63) is 39.8 Å². The molecule has 2 heterocycles. The van der Waals surface area contributed by atoms with Crippen molar-refractivity contribution in [1.29, 1.82) is 0 Å². The Balaban J connectivity index is 1.91. The quantitative estimate of drug-likeness (QED) is 0.609. The predicted octanol–water partition coefficient (Wildman–Crippen LogP) is 5.11. The second-order valence-electron chi connectivity index (χ2n) is 5.99. The summed E-state index contributed by atoms with van der Waals surface area (Å²) < 4.78 is 5.78. The van der Waals surface area contributed by atoms with E-state index in [4.69, 9.17) is 4.74 Å². The Morgan fingerprint density at radius 2 is 2.04 bits per heavy atom. The third-order valence-corrected chi connectivity index (χ3v) is 5.32. The maximum absolute atomic E-state index is 11.3. The van der Waals surface area contributed by atoms with E-state index in [2.05, 4.69) is 15.3 Å². The van der Waals surface area contributed by atoms with E-state index in [1.807, 2.05) is 33.1 Å². The second-order valence-corrected chi connectivity index (χ2v) is 8.05. The first-order chi connectivity index (χ1) is 12.3. The van der Waals surface area contributed by atoms with Crippen molar-refractivity contribution in [1.82, 2.24) is 9.97 Å². The molecule has 0 unspecified atom stereocenters. The number of aryl methyl sites for hydroxylation is 2. The van der Waals surface area contributed by atoms with Crippen LogP contribution >= 0.6 is 22.7 Å². The smallest absolute Gasteiger partial charge is 0.335 e. The Kier molecular flexibility index (Phi) is 5.24. The molecule has 3 aromatic rings. The van der Waals surface area contributed by atoms with E-state index >= 15 is 0 Å². The first-order valence-corrected chi connectivity index (χ1v) is 9.74. The molecule has 6 nitrogen and oxygen atoms in total. The molecular formula is C18H19N3O3S2. The minimum absolute atomic E-state index is 0.0269. The van der Waals surface area contributed by atoms with Crippen LogP contribution in [0.5, 0.6) is 5.75 Å². The zero-order chi connectivity index (χ0) is 18.8. The lowest BCUT2D eigenvalue weighted by molar-refractivity contribution is 0.0697. The van der Waals surface area contributed by atoms with Gasteiger partial charge in [0.05, 0.1) is 38.6 Å². The Morgan fingerprint density at radius 1 is 1.27 bits per heavy atom. The Hall–Kier alpha value is -2.45. The predicted molar refractivity (Wildman–Crippen MR) is 105 cm³/mol. The van der Waals surface area contributed by atoms with Crippen LogP contribution in [0.15, 0.2) is 23.6 Å². The number of carboxylic acids is 1. The molecule has 0 fully saturated rings. The van der Waals surface area contributed by atoms with Crippen molar-refractivity contribution in [2.24, 2.45) is 0 Å². The lowest BCUT2D eigenvalue weighted by Gasteiger charge is -2.15. The average molecular weight is 390 g/mol. The molecule has 2 aromatic heterocycles. The minimum Gasteiger partial charge on any atom is -0.489 e. The molecule has 136 valence electrons. The summed E-state index contributed by atoms with van der Waals surface area (Å²) in [6, 6.07) is 4.75. The van der Waals surface area contributed by atoms with Gasteiger partial charge in [-0.25, -0.2) is 14.8 Å². The number of hydrogen-bond donors (Lipinski definition) is 2. The molecule has 0 saturated carbocycles. The van der Waals surface area contributed by atoms with Crippen LogP contribution in [0, 0.1) is 13.8 Å². The highest BCUT2D eigenvalue weighted by molar-refractivity contribution is 7.16. The van der Waals surface area contributed by atoms with Crippen LogP contribution in [0.3, 0.4) is 0 Å². The van der Waals surface area contributed by atoms with Crippen LogP contribution in [0.2, 0.25) is 0 Å². The van der Waals surface area contributed by atoms with Gasteiger partial charge < -0.3 is 15.2 Å². The number of ether oxygens (including phenoxy) is 1. The fraction of sp³-hybridized carbons (Fsp3) is 0.278. The lowest BCUT2D eigenvalue weighted by Crippen LogP contribution is -2.08. The summed E-state index contributed by atoms with van der Waals surface area (Å²) in [5.41, 5.74) is 2.59.